The minimum atomic E-state index is 0.298. The standard InChI is InChI=1S/C20H26O/c1-12-6-13(2)8-16(7-12)17-9-14(3)10-19-18(17)11-15(4)20(19)21-5/h6-10,15,17-18,20H,11H2,1-5H3. The van der Waals surface area contributed by atoms with Crippen LogP contribution in [0.3, 0.4) is 0 Å². The minimum Gasteiger partial charge on any atom is -0.377 e. The Labute approximate surface area is 128 Å². The van der Waals surface area contributed by atoms with Gasteiger partial charge in [0.05, 0.1) is 6.10 Å². The summed E-state index contributed by atoms with van der Waals surface area (Å²) in [6.07, 6.45) is 6.34. The summed E-state index contributed by atoms with van der Waals surface area (Å²) >= 11 is 0. The molecule has 0 bridgehead atoms. The highest BCUT2D eigenvalue weighted by Gasteiger charge is 2.41. The van der Waals surface area contributed by atoms with Gasteiger partial charge in [-0.05, 0) is 50.2 Å². The van der Waals surface area contributed by atoms with Crippen LogP contribution in [0.1, 0.15) is 42.9 Å². The zero-order valence-electron chi connectivity index (χ0n) is 13.8. The van der Waals surface area contributed by atoms with E-state index in [-0.39, 0.29) is 0 Å². The number of ether oxygens (including phenoxy) is 1. The molecular weight excluding hydrogens is 256 g/mol. The summed E-state index contributed by atoms with van der Waals surface area (Å²) in [6.45, 7) is 8.93. The van der Waals surface area contributed by atoms with E-state index in [9.17, 15) is 0 Å². The Hall–Kier alpha value is -1.34. The average Bonchev–Trinajstić information content (AvgIpc) is 2.72. The maximum Gasteiger partial charge on any atom is 0.0813 e. The highest BCUT2D eigenvalue weighted by molar-refractivity contribution is 5.43. The van der Waals surface area contributed by atoms with E-state index in [2.05, 4.69) is 58.0 Å². The summed E-state index contributed by atoms with van der Waals surface area (Å²) in [5, 5.41) is 0. The van der Waals surface area contributed by atoms with Crippen LogP contribution in [0.2, 0.25) is 0 Å². The van der Waals surface area contributed by atoms with Gasteiger partial charge in [0.1, 0.15) is 0 Å². The van der Waals surface area contributed by atoms with Crippen LogP contribution in [0, 0.1) is 25.7 Å². The van der Waals surface area contributed by atoms with E-state index in [0.29, 0.717) is 23.9 Å². The highest BCUT2D eigenvalue weighted by Crippen LogP contribution is 2.49. The van der Waals surface area contributed by atoms with Gasteiger partial charge in [-0.25, -0.2) is 0 Å². The van der Waals surface area contributed by atoms with Gasteiger partial charge in [-0.3, -0.25) is 0 Å². The smallest absolute Gasteiger partial charge is 0.0813 e. The Morgan fingerprint density at radius 3 is 2.33 bits per heavy atom. The summed E-state index contributed by atoms with van der Waals surface area (Å²) in [5.41, 5.74) is 7.07. The molecule has 1 heteroatoms. The molecule has 1 aromatic rings. The first kappa shape index (κ1) is 14.6. The molecule has 0 saturated heterocycles. The Bertz CT molecular complexity index is 588. The van der Waals surface area contributed by atoms with Gasteiger partial charge in [-0.15, -0.1) is 0 Å². The van der Waals surface area contributed by atoms with Crippen LogP contribution in [0.25, 0.3) is 0 Å². The van der Waals surface area contributed by atoms with Crippen molar-refractivity contribution in [3.63, 3.8) is 0 Å². The number of methoxy groups -OCH3 is 1. The molecule has 4 atom stereocenters. The van der Waals surface area contributed by atoms with Crippen molar-refractivity contribution < 1.29 is 4.74 Å². The van der Waals surface area contributed by atoms with E-state index >= 15 is 0 Å². The molecule has 0 heterocycles. The van der Waals surface area contributed by atoms with Crippen molar-refractivity contribution in [3.8, 4) is 0 Å². The van der Waals surface area contributed by atoms with Crippen LogP contribution in [0.4, 0.5) is 0 Å². The Kier molecular flexibility index (Phi) is 3.79. The van der Waals surface area contributed by atoms with E-state index in [1.54, 1.807) is 0 Å². The molecule has 0 aromatic heterocycles. The number of fused-ring (bicyclic) bond motifs is 1. The number of hydrogen-bond donors (Lipinski definition) is 0. The lowest BCUT2D eigenvalue weighted by Gasteiger charge is -2.28. The average molecular weight is 282 g/mol. The zero-order valence-corrected chi connectivity index (χ0v) is 13.8. The molecule has 1 saturated carbocycles. The molecule has 0 amide bonds. The predicted octanol–water partition coefficient (Wildman–Crippen LogP) is 4.94. The molecule has 1 nitrogen and oxygen atoms in total. The second-order valence-electron chi connectivity index (χ2n) is 6.98. The van der Waals surface area contributed by atoms with Gasteiger partial charge in [0.15, 0.2) is 0 Å². The van der Waals surface area contributed by atoms with Crippen LogP contribution in [0.5, 0.6) is 0 Å². The van der Waals surface area contributed by atoms with Crippen LogP contribution < -0.4 is 0 Å². The molecular formula is C20H26O. The van der Waals surface area contributed by atoms with Gasteiger partial charge in [-0.2, -0.15) is 0 Å². The third kappa shape index (κ3) is 2.60. The van der Waals surface area contributed by atoms with Gasteiger partial charge in [-0.1, -0.05) is 54.0 Å². The fourth-order valence-corrected chi connectivity index (χ4v) is 4.35. The Balaban J connectivity index is 2.02. The largest absolute Gasteiger partial charge is 0.377 e. The molecule has 0 N–H and O–H groups in total. The topological polar surface area (TPSA) is 9.23 Å². The van der Waals surface area contributed by atoms with Gasteiger partial charge in [0, 0.05) is 13.0 Å². The van der Waals surface area contributed by atoms with Crippen molar-refractivity contribution in [1.29, 1.82) is 0 Å². The Morgan fingerprint density at radius 1 is 1.05 bits per heavy atom. The van der Waals surface area contributed by atoms with Gasteiger partial charge >= 0.3 is 0 Å². The molecule has 112 valence electrons. The summed E-state index contributed by atoms with van der Waals surface area (Å²) in [4.78, 5) is 0. The van der Waals surface area contributed by atoms with Crippen molar-refractivity contribution in [3.05, 3.63) is 58.2 Å². The lowest BCUT2D eigenvalue weighted by molar-refractivity contribution is 0.103. The van der Waals surface area contributed by atoms with Crippen molar-refractivity contribution in [2.45, 2.75) is 46.1 Å². The number of allylic oxidation sites excluding steroid dienone is 3. The summed E-state index contributed by atoms with van der Waals surface area (Å²) in [7, 11) is 1.85. The van der Waals surface area contributed by atoms with Crippen molar-refractivity contribution >= 4 is 0 Å². The molecule has 4 unspecified atom stereocenters. The quantitative estimate of drug-likeness (QED) is 0.746. The lowest BCUT2D eigenvalue weighted by atomic mass is 9.77. The third-order valence-corrected chi connectivity index (χ3v) is 5.05. The number of benzene rings is 1. The molecule has 1 aromatic carbocycles. The fraction of sp³-hybridized carbons (Fsp3) is 0.500. The van der Waals surface area contributed by atoms with Crippen LogP contribution in [0.15, 0.2) is 41.5 Å². The predicted molar refractivity (Wildman–Crippen MR) is 88.6 cm³/mol. The molecule has 0 spiro atoms. The summed E-state index contributed by atoms with van der Waals surface area (Å²) in [5.74, 6) is 1.72. The van der Waals surface area contributed by atoms with E-state index in [4.69, 9.17) is 4.74 Å². The number of aryl methyl sites for hydroxylation is 2. The lowest BCUT2D eigenvalue weighted by Crippen LogP contribution is -2.20. The maximum atomic E-state index is 5.78. The molecule has 0 aliphatic heterocycles. The van der Waals surface area contributed by atoms with Crippen molar-refractivity contribution in [2.24, 2.45) is 11.8 Å². The first-order chi connectivity index (χ1) is 9.99. The zero-order chi connectivity index (χ0) is 15.1. The molecule has 2 aliphatic rings. The number of hydrogen-bond acceptors (Lipinski definition) is 1. The van der Waals surface area contributed by atoms with Crippen LogP contribution in [-0.2, 0) is 4.74 Å². The monoisotopic (exact) mass is 282 g/mol. The second-order valence-corrected chi connectivity index (χ2v) is 6.98. The Morgan fingerprint density at radius 2 is 1.71 bits per heavy atom. The maximum absolute atomic E-state index is 5.78. The number of rotatable bonds is 2. The minimum absolute atomic E-state index is 0.298. The van der Waals surface area contributed by atoms with Gasteiger partial charge in [0.25, 0.3) is 0 Å². The van der Waals surface area contributed by atoms with E-state index < -0.39 is 0 Å². The van der Waals surface area contributed by atoms with E-state index in [1.165, 1.54) is 34.3 Å². The van der Waals surface area contributed by atoms with Crippen molar-refractivity contribution in [1.82, 2.24) is 0 Å². The highest BCUT2D eigenvalue weighted by atomic mass is 16.5. The molecule has 2 aliphatic carbocycles. The van der Waals surface area contributed by atoms with E-state index in [1.807, 2.05) is 7.11 Å². The molecule has 0 radical (unpaired) electrons. The first-order valence-electron chi connectivity index (χ1n) is 8.00. The van der Waals surface area contributed by atoms with Gasteiger partial charge in [0.2, 0.25) is 0 Å². The van der Waals surface area contributed by atoms with Crippen LogP contribution >= 0.6 is 0 Å². The molecule has 21 heavy (non-hydrogen) atoms. The summed E-state index contributed by atoms with van der Waals surface area (Å²) < 4.78 is 5.78. The normalized spacial score (nSPS) is 31.7. The summed E-state index contributed by atoms with van der Waals surface area (Å²) in [6, 6.07) is 6.97. The molecule has 3 rings (SSSR count). The third-order valence-electron chi connectivity index (χ3n) is 5.05. The van der Waals surface area contributed by atoms with Crippen molar-refractivity contribution in [2.75, 3.05) is 7.11 Å². The van der Waals surface area contributed by atoms with Crippen LogP contribution in [-0.4, -0.2) is 13.2 Å². The second kappa shape index (κ2) is 5.46. The SMILES string of the molecule is COC1C2=CC(C)=CC(c3cc(C)cc(C)c3)C2CC1C. The van der Waals surface area contributed by atoms with E-state index in [0.717, 1.165) is 0 Å². The molecule has 1 fully saturated rings. The first-order valence-corrected chi connectivity index (χ1v) is 8.00. The van der Waals surface area contributed by atoms with Gasteiger partial charge < -0.3 is 4.74 Å². The fourth-order valence-electron chi connectivity index (χ4n) is 4.35.